The SMILES string of the molecule is CCCCCCCCP(C)(=O)CC(CC)CCCCC. The summed E-state index contributed by atoms with van der Waals surface area (Å²) in [7, 11) is -1.87. The van der Waals surface area contributed by atoms with Gasteiger partial charge in [0.25, 0.3) is 0 Å². The molecule has 0 heterocycles. The van der Waals surface area contributed by atoms with Crippen molar-refractivity contribution in [3.8, 4) is 0 Å². The van der Waals surface area contributed by atoms with Crippen LogP contribution in [0.4, 0.5) is 0 Å². The molecule has 0 saturated carbocycles. The van der Waals surface area contributed by atoms with Crippen molar-refractivity contribution >= 4 is 7.14 Å². The minimum Gasteiger partial charge on any atom is -0.324 e. The summed E-state index contributed by atoms with van der Waals surface area (Å²) < 4.78 is 12.7. The minimum atomic E-state index is -1.87. The lowest BCUT2D eigenvalue weighted by Gasteiger charge is -2.20. The second-order valence-corrected chi connectivity index (χ2v) is 10.1. The van der Waals surface area contributed by atoms with Crippen LogP contribution in [0.1, 0.15) is 91.4 Å². The van der Waals surface area contributed by atoms with Crippen molar-refractivity contribution in [2.75, 3.05) is 19.0 Å². The molecular formula is C18H39OP. The van der Waals surface area contributed by atoms with Crippen LogP contribution >= 0.6 is 7.14 Å². The molecule has 2 unspecified atom stereocenters. The predicted molar refractivity (Wildman–Crippen MR) is 94.6 cm³/mol. The van der Waals surface area contributed by atoms with Gasteiger partial charge in [-0.1, -0.05) is 85.0 Å². The molecule has 122 valence electrons. The topological polar surface area (TPSA) is 17.1 Å². The van der Waals surface area contributed by atoms with E-state index in [2.05, 4.69) is 27.4 Å². The van der Waals surface area contributed by atoms with E-state index in [4.69, 9.17) is 0 Å². The average molecular weight is 302 g/mol. The molecule has 2 atom stereocenters. The Kier molecular flexibility index (Phi) is 13.1. The number of hydrogen-bond acceptors (Lipinski definition) is 1. The van der Waals surface area contributed by atoms with Crippen molar-refractivity contribution < 1.29 is 4.57 Å². The van der Waals surface area contributed by atoms with Gasteiger partial charge in [-0.3, -0.25) is 0 Å². The van der Waals surface area contributed by atoms with E-state index in [0.717, 1.165) is 12.3 Å². The standard InChI is InChI=1S/C18H39OP/c1-5-8-10-11-12-14-16-20(4,19)17-18(7-3)15-13-9-6-2/h18H,5-17H2,1-4H3. The molecule has 0 saturated heterocycles. The third kappa shape index (κ3) is 12.0. The minimum absolute atomic E-state index is 0.706. The van der Waals surface area contributed by atoms with Gasteiger partial charge in [-0.05, 0) is 19.0 Å². The maximum Gasteiger partial charge on any atom is 0.0851 e. The molecule has 0 N–H and O–H groups in total. The van der Waals surface area contributed by atoms with E-state index in [-0.39, 0.29) is 0 Å². The number of unbranched alkanes of at least 4 members (excludes halogenated alkanes) is 7. The van der Waals surface area contributed by atoms with E-state index >= 15 is 0 Å². The Bertz CT molecular complexity index is 250. The van der Waals surface area contributed by atoms with E-state index in [1.165, 1.54) is 70.6 Å². The fraction of sp³-hybridized carbons (Fsp3) is 1.00. The molecule has 0 aliphatic carbocycles. The van der Waals surface area contributed by atoms with Gasteiger partial charge in [0.05, 0.1) is 7.14 Å². The highest BCUT2D eigenvalue weighted by atomic mass is 31.2. The summed E-state index contributed by atoms with van der Waals surface area (Å²) in [5.41, 5.74) is 0. The maximum atomic E-state index is 12.7. The zero-order chi connectivity index (χ0) is 15.3. The van der Waals surface area contributed by atoms with Crippen LogP contribution in [0.25, 0.3) is 0 Å². The van der Waals surface area contributed by atoms with E-state index in [0.29, 0.717) is 5.92 Å². The summed E-state index contributed by atoms with van der Waals surface area (Å²) in [6.45, 7) is 8.83. The van der Waals surface area contributed by atoms with Crippen LogP contribution in [0, 0.1) is 5.92 Å². The molecule has 0 bridgehead atoms. The van der Waals surface area contributed by atoms with Crippen molar-refractivity contribution in [1.82, 2.24) is 0 Å². The van der Waals surface area contributed by atoms with Crippen molar-refractivity contribution in [2.45, 2.75) is 91.4 Å². The second kappa shape index (κ2) is 12.9. The summed E-state index contributed by atoms with van der Waals surface area (Å²) in [6, 6.07) is 0. The van der Waals surface area contributed by atoms with Crippen LogP contribution in [0.5, 0.6) is 0 Å². The number of hydrogen-bond donors (Lipinski definition) is 0. The first-order chi connectivity index (χ1) is 9.55. The molecule has 0 aliphatic heterocycles. The summed E-state index contributed by atoms with van der Waals surface area (Å²) in [6.07, 6.45) is 16.3. The molecule has 0 rings (SSSR count). The summed E-state index contributed by atoms with van der Waals surface area (Å²) in [5, 5.41) is 0. The smallest absolute Gasteiger partial charge is 0.0851 e. The normalized spacial score (nSPS) is 16.0. The zero-order valence-corrected chi connectivity index (χ0v) is 15.5. The Morgan fingerprint density at radius 2 is 1.35 bits per heavy atom. The maximum absolute atomic E-state index is 12.7. The van der Waals surface area contributed by atoms with Crippen LogP contribution in [-0.2, 0) is 4.57 Å². The molecule has 0 aromatic heterocycles. The largest absolute Gasteiger partial charge is 0.324 e. The van der Waals surface area contributed by atoms with Crippen LogP contribution in [0.15, 0.2) is 0 Å². The van der Waals surface area contributed by atoms with Gasteiger partial charge in [-0.25, -0.2) is 0 Å². The van der Waals surface area contributed by atoms with Crippen molar-refractivity contribution in [1.29, 1.82) is 0 Å². The molecule has 0 fully saturated rings. The van der Waals surface area contributed by atoms with E-state index in [1.807, 2.05) is 0 Å². The average Bonchev–Trinajstić information content (AvgIpc) is 2.41. The van der Waals surface area contributed by atoms with Crippen molar-refractivity contribution in [3.05, 3.63) is 0 Å². The van der Waals surface area contributed by atoms with Gasteiger partial charge in [-0.2, -0.15) is 0 Å². The lowest BCUT2D eigenvalue weighted by atomic mass is 10.0. The van der Waals surface area contributed by atoms with Crippen molar-refractivity contribution in [3.63, 3.8) is 0 Å². The highest BCUT2D eigenvalue weighted by Crippen LogP contribution is 2.45. The molecule has 0 aromatic rings. The molecule has 2 heteroatoms. The van der Waals surface area contributed by atoms with Crippen LogP contribution < -0.4 is 0 Å². The van der Waals surface area contributed by atoms with Gasteiger partial charge < -0.3 is 4.57 Å². The zero-order valence-electron chi connectivity index (χ0n) is 14.6. The van der Waals surface area contributed by atoms with Crippen LogP contribution in [-0.4, -0.2) is 19.0 Å². The first kappa shape index (κ1) is 20.2. The van der Waals surface area contributed by atoms with Gasteiger partial charge >= 0.3 is 0 Å². The van der Waals surface area contributed by atoms with Gasteiger partial charge in [0.1, 0.15) is 0 Å². The van der Waals surface area contributed by atoms with Gasteiger partial charge in [-0.15, -0.1) is 0 Å². The molecule has 0 aliphatic rings. The third-order valence-corrected chi connectivity index (χ3v) is 6.97. The van der Waals surface area contributed by atoms with Gasteiger partial charge in [0.15, 0.2) is 0 Å². The van der Waals surface area contributed by atoms with Gasteiger partial charge in [0.2, 0.25) is 0 Å². The van der Waals surface area contributed by atoms with Crippen molar-refractivity contribution in [2.24, 2.45) is 5.92 Å². The third-order valence-electron chi connectivity index (χ3n) is 4.42. The Morgan fingerprint density at radius 3 is 1.95 bits per heavy atom. The summed E-state index contributed by atoms with van der Waals surface area (Å²) >= 11 is 0. The number of rotatable bonds is 14. The molecule has 0 aromatic carbocycles. The van der Waals surface area contributed by atoms with E-state index < -0.39 is 7.14 Å². The molecule has 0 spiro atoms. The fourth-order valence-corrected chi connectivity index (χ4v) is 5.58. The Hall–Kier alpha value is 0.230. The van der Waals surface area contributed by atoms with Crippen LogP contribution in [0.3, 0.4) is 0 Å². The molecule has 0 radical (unpaired) electrons. The highest BCUT2D eigenvalue weighted by Gasteiger charge is 2.20. The lowest BCUT2D eigenvalue weighted by Crippen LogP contribution is -2.07. The van der Waals surface area contributed by atoms with E-state index in [9.17, 15) is 4.57 Å². The second-order valence-electron chi connectivity index (χ2n) is 6.74. The predicted octanol–water partition coefficient (Wildman–Crippen LogP) is 6.95. The fourth-order valence-electron chi connectivity index (χ4n) is 2.97. The lowest BCUT2D eigenvalue weighted by molar-refractivity contribution is 0.475. The molecular weight excluding hydrogens is 263 g/mol. The summed E-state index contributed by atoms with van der Waals surface area (Å²) in [5.74, 6) is 0.706. The quantitative estimate of drug-likeness (QED) is 0.251. The summed E-state index contributed by atoms with van der Waals surface area (Å²) in [4.78, 5) is 0. The monoisotopic (exact) mass is 302 g/mol. The Balaban J connectivity index is 3.81. The van der Waals surface area contributed by atoms with Crippen LogP contribution in [0.2, 0.25) is 0 Å². The molecule has 20 heavy (non-hydrogen) atoms. The molecule has 0 amide bonds. The Labute approximate surface area is 128 Å². The first-order valence-corrected chi connectivity index (χ1v) is 11.6. The Morgan fingerprint density at radius 1 is 0.800 bits per heavy atom. The van der Waals surface area contributed by atoms with E-state index in [1.54, 1.807) is 0 Å². The highest BCUT2D eigenvalue weighted by molar-refractivity contribution is 7.63. The molecule has 1 nitrogen and oxygen atoms in total. The first-order valence-electron chi connectivity index (χ1n) is 9.11. The van der Waals surface area contributed by atoms with Gasteiger partial charge in [0, 0.05) is 12.3 Å².